The molecule has 0 saturated carbocycles. The Morgan fingerprint density at radius 3 is 3.00 bits per heavy atom. The summed E-state index contributed by atoms with van der Waals surface area (Å²) < 4.78 is 5.75. The highest BCUT2D eigenvalue weighted by Crippen LogP contribution is 2.31. The van der Waals surface area contributed by atoms with Gasteiger partial charge in [0.1, 0.15) is 0 Å². The zero-order valence-electron chi connectivity index (χ0n) is 13.4. The average molecular weight is 311 g/mol. The van der Waals surface area contributed by atoms with E-state index in [0.717, 1.165) is 44.2 Å². The van der Waals surface area contributed by atoms with E-state index < -0.39 is 0 Å². The Labute approximate surface area is 133 Å². The van der Waals surface area contributed by atoms with Gasteiger partial charge < -0.3 is 15.0 Å². The summed E-state index contributed by atoms with van der Waals surface area (Å²) in [4.78, 5) is 2.38. The summed E-state index contributed by atoms with van der Waals surface area (Å²) >= 11 is 6.49. The van der Waals surface area contributed by atoms with Crippen LogP contribution < -0.4 is 10.2 Å². The van der Waals surface area contributed by atoms with E-state index in [1.54, 1.807) is 0 Å². The van der Waals surface area contributed by atoms with E-state index in [9.17, 15) is 0 Å². The van der Waals surface area contributed by atoms with Crippen LogP contribution >= 0.6 is 11.6 Å². The van der Waals surface area contributed by atoms with Crippen molar-refractivity contribution in [3.8, 4) is 0 Å². The molecule has 1 aliphatic heterocycles. The summed E-state index contributed by atoms with van der Waals surface area (Å²) in [5.74, 6) is 0.652. The fourth-order valence-electron chi connectivity index (χ4n) is 2.75. The lowest BCUT2D eigenvalue weighted by Crippen LogP contribution is -2.32. The third-order valence-corrected chi connectivity index (χ3v) is 4.01. The standard InChI is InChI=1S/C17H27ClN2O/c1-13(2)10-19-11-15-6-4-7-16(18)17(15)20-8-5-9-21-14(3)12-20/h4,6-7,13-14,19H,5,8-12H2,1-3H3. The summed E-state index contributed by atoms with van der Waals surface area (Å²) in [6.07, 6.45) is 1.30. The lowest BCUT2D eigenvalue weighted by Gasteiger charge is -2.28. The van der Waals surface area contributed by atoms with Crippen LogP contribution in [0.3, 0.4) is 0 Å². The number of rotatable bonds is 5. The van der Waals surface area contributed by atoms with Crippen molar-refractivity contribution in [1.82, 2.24) is 5.32 Å². The van der Waals surface area contributed by atoms with Gasteiger partial charge in [-0.25, -0.2) is 0 Å². The van der Waals surface area contributed by atoms with Crippen LogP contribution in [0.5, 0.6) is 0 Å². The molecule has 1 aliphatic rings. The van der Waals surface area contributed by atoms with Gasteiger partial charge in [-0.05, 0) is 37.4 Å². The van der Waals surface area contributed by atoms with E-state index in [1.165, 1.54) is 11.3 Å². The minimum absolute atomic E-state index is 0.250. The molecule has 1 aromatic rings. The zero-order chi connectivity index (χ0) is 15.2. The summed E-state index contributed by atoms with van der Waals surface area (Å²) in [7, 11) is 0. The molecule has 2 rings (SSSR count). The molecule has 0 radical (unpaired) electrons. The Balaban J connectivity index is 2.16. The van der Waals surface area contributed by atoms with Crippen LogP contribution in [0.1, 0.15) is 32.8 Å². The van der Waals surface area contributed by atoms with Gasteiger partial charge in [-0.15, -0.1) is 0 Å². The maximum atomic E-state index is 6.49. The van der Waals surface area contributed by atoms with E-state index >= 15 is 0 Å². The second kappa shape index (κ2) is 8.02. The van der Waals surface area contributed by atoms with Crippen LogP contribution in [-0.2, 0) is 11.3 Å². The highest BCUT2D eigenvalue weighted by atomic mass is 35.5. The second-order valence-electron chi connectivity index (χ2n) is 6.25. The van der Waals surface area contributed by atoms with Crippen molar-refractivity contribution < 1.29 is 4.74 Å². The number of nitrogens with zero attached hydrogens (tertiary/aromatic N) is 1. The van der Waals surface area contributed by atoms with Gasteiger partial charge in [-0.1, -0.05) is 37.6 Å². The molecule has 1 fully saturated rings. The Morgan fingerprint density at radius 1 is 1.43 bits per heavy atom. The minimum atomic E-state index is 0.250. The molecule has 0 amide bonds. The molecular weight excluding hydrogens is 284 g/mol. The van der Waals surface area contributed by atoms with Gasteiger partial charge in [0.05, 0.1) is 16.8 Å². The highest BCUT2D eigenvalue weighted by Gasteiger charge is 2.20. The molecule has 118 valence electrons. The number of anilines is 1. The molecule has 0 bridgehead atoms. The summed E-state index contributed by atoms with van der Waals surface area (Å²) in [5.41, 5.74) is 2.45. The molecule has 21 heavy (non-hydrogen) atoms. The summed E-state index contributed by atoms with van der Waals surface area (Å²) in [5, 5.41) is 4.36. The van der Waals surface area contributed by atoms with Gasteiger partial charge in [0.25, 0.3) is 0 Å². The first-order chi connectivity index (χ1) is 10.1. The van der Waals surface area contributed by atoms with E-state index in [2.05, 4.69) is 37.1 Å². The Bertz CT molecular complexity index is 450. The molecule has 1 aromatic carbocycles. The number of hydrogen-bond acceptors (Lipinski definition) is 3. The average Bonchev–Trinajstić information content (AvgIpc) is 2.63. The van der Waals surface area contributed by atoms with Crippen molar-refractivity contribution in [1.29, 1.82) is 0 Å². The van der Waals surface area contributed by atoms with Gasteiger partial charge in [-0.3, -0.25) is 0 Å². The van der Waals surface area contributed by atoms with Crippen LogP contribution in [0.4, 0.5) is 5.69 Å². The predicted octanol–water partition coefficient (Wildman–Crippen LogP) is 3.70. The van der Waals surface area contributed by atoms with Crippen molar-refractivity contribution in [2.24, 2.45) is 5.92 Å². The number of halogens is 1. The highest BCUT2D eigenvalue weighted by molar-refractivity contribution is 6.33. The van der Waals surface area contributed by atoms with Gasteiger partial charge >= 0.3 is 0 Å². The third kappa shape index (κ3) is 4.87. The van der Waals surface area contributed by atoms with Gasteiger partial charge in [-0.2, -0.15) is 0 Å². The summed E-state index contributed by atoms with van der Waals surface area (Å²) in [6.45, 7) is 11.2. The molecule has 1 atom stereocenters. The molecule has 3 nitrogen and oxygen atoms in total. The predicted molar refractivity (Wildman–Crippen MR) is 90.2 cm³/mol. The topological polar surface area (TPSA) is 24.5 Å². The van der Waals surface area contributed by atoms with Crippen LogP contribution in [0, 0.1) is 5.92 Å². The van der Waals surface area contributed by atoms with Crippen molar-refractivity contribution in [3.05, 3.63) is 28.8 Å². The molecule has 1 N–H and O–H groups in total. The normalized spacial score (nSPS) is 19.9. The largest absolute Gasteiger partial charge is 0.377 e. The van der Waals surface area contributed by atoms with Gasteiger partial charge in [0.2, 0.25) is 0 Å². The third-order valence-electron chi connectivity index (χ3n) is 3.71. The van der Waals surface area contributed by atoms with Crippen LogP contribution in [0.15, 0.2) is 18.2 Å². The smallest absolute Gasteiger partial charge is 0.0721 e. The molecule has 0 aliphatic carbocycles. The Kier molecular flexibility index (Phi) is 6.34. The Morgan fingerprint density at radius 2 is 2.24 bits per heavy atom. The van der Waals surface area contributed by atoms with Crippen LogP contribution in [-0.4, -0.2) is 32.3 Å². The number of para-hydroxylation sites is 1. The van der Waals surface area contributed by atoms with E-state index in [-0.39, 0.29) is 6.10 Å². The fraction of sp³-hybridized carbons (Fsp3) is 0.647. The maximum Gasteiger partial charge on any atom is 0.0721 e. The molecule has 1 saturated heterocycles. The van der Waals surface area contributed by atoms with Crippen molar-refractivity contribution in [2.45, 2.75) is 39.8 Å². The molecule has 4 heteroatoms. The number of hydrogen-bond donors (Lipinski definition) is 1. The first-order valence-electron chi connectivity index (χ1n) is 7.92. The molecule has 1 heterocycles. The van der Waals surface area contributed by atoms with Crippen molar-refractivity contribution >= 4 is 17.3 Å². The second-order valence-corrected chi connectivity index (χ2v) is 6.66. The van der Waals surface area contributed by atoms with Crippen molar-refractivity contribution in [2.75, 3.05) is 31.1 Å². The molecule has 1 unspecified atom stereocenters. The quantitative estimate of drug-likeness (QED) is 0.897. The number of ether oxygens (including phenoxy) is 1. The number of nitrogens with one attached hydrogen (secondary N) is 1. The van der Waals surface area contributed by atoms with Crippen molar-refractivity contribution in [3.63, 3.8) is 0 Å². The number of benzene rings is 1. The Hall–Kier alpha value is -0.770. The first kappa shape index (κ1) is 16.6. The summed E-state index contributed by atoms with van der Waals surface area (Å²) in [6, 6.07) is 6.19. The zero-order valence-corrected chi connectivity index (χ0v) is 14.1. The lowest BCUT2D eigenvalue weighted by atomic mass is 10.1. The van der Waals surface area contributed by atoms with Crippen LogP contribution in [0.2, 0.25) is 5.02 Å². The monoisotopic (exact) mass is 310 g/mol. The van der Waals surface area contributed by atoms with E-state index in [1.807, 2.05) is 12.1 Å². The van der Waals surface area contributed by atoms with E-state index in [4.69, 9.17) is 16.3 Å². The van der Waals surface area contributed by atoms with Crippen LogP contribution in [0.25, 0.3) is 0 Å². The fourth-order valence-corrected chi connectivity index (χ4v) is 3.06. The lowest BCUT2D eigenvalue weighted by molar-refractivity contribution is 0.0821. The molecular formula is C17H27ClN2O. The SMILES string of the molecule is CC(C)CNCc1cccc(Cl)c1N1CCCOC(C)C1. The maximum absolute atomic E-state index is 6.49. The van der Waals surface area contributed by atoms with Gasteiger partial charge in [0.15, 0.2) is 0 Å². The van der Waals surface area contributed by atoms with Gasteiger partial charge in [0, 0.05) is 26.2 Å². The first-order valence-corrected chi connectivity index (χ1v) is 8.30. The molecule has 0 spiro atoms. The molecule has 0 aromatic heterocycles. The minimum Gasteiger partial charge on any atom is -0.377 e. The van der Waals surface area contributed by atoms with E-state index in [0.29, 0.717) is 5.92 Å².